The highest BCUT2D eigenvalue weighted by Gasteiger charge is 2.43. The van der Waals surface area contributed by atoms with Crippen LogP contribution in [0, 0.1) is 0 Å². The van der Waals surface area contributed by atoms with E-state index in [1.54, 1.807) is 12.1 Å². The smallest absolute Gasteiger partial charge is 0.414 e. The fraction of sp³-hybridized carbons (Fsp3) is 0.455. The molecule has 0 saturated carbocycles. The lowest BCUT2D eigenvalue weighted by Gasteiger charge is -2.24. The molecule has 6 heteroatoms. The lowest BCUT2D eigenvalue weighted by Crippen LogP contribution is -2.38. The van der Waals surface area contributed by atoms with Gasteiger partial charge in [-0.25, -0.2) is 0 Å². The second-order valence-electron chi connectivity index (χ2n) is 3.61. The molecule has 2 atom stereocenters. The van der Waals surface area contributed by atoms with Crippen LogP contribution in [0.3, 0.4) is 0 Å². The van der Waals surface area contributed by atoms with Crippen molar-refractivity contribution in [2.24, 2.45) is 5.73 Å². The summed E-state index contributed by atoms with van der Waals surface area (Å²) in [5.41, 5.74) is 5.60. The number of aliphatic hydroxyl groups is 1. The summed E-state index contributed by atoms with van der Waals surface area (Å²) in [5.74, 6) is -0.763. The van der Waals surface area contributed by atoms with Gasteiger partial charge in [0, 0.05) is 12.5 Å². The molecule has 0 aliphatic heterocycles. The first kappa shape index (κ1) is 13.8. The molecule has 0 aliphatic carbocycles. The van der Waals surface area contributed by atoms with Crippen molar-refractivity contribution in [3.8, 4) is 5.75 Å². The van der Waals surface area contributed by atoms with Crippen LogP contribution in [0.5, 0.6) is 5.75 Å². The van der Waals surface area contributed by atoms with E-state index in [-0.39, 0.29) is 6.54 Å². The van der Waals surface area contributed by atoms with Crippen LogP contribution in [0.1, 0.15) is 11.5 Å². The largest absolute Gasteiger partial charge is 0.497 e. The van der Waals surface area contributed by atoms with Gasteiger partial charge in [-0.3, -0.25) is 0 Å². The van der Waals surface area contributed by atoms with E-state index in [1.807, 2.05) is 0 Å². The van der Waals surface area contributed by atoms with Gasteiger partial charge in [0.1, 0.15) is 5.75 Å². The number of hydrogen-bond donors (Lipinski definition) is 2. The number of hydrogen-bond acceptors (Lipinski definition) is 3. The van der Waals surface area contributed by atoms with Crippen molar-refractivity contribution in [2.75, 3.05) is 13.7 Å². The van der Waals surface area contributed by atoms with E-state index in [4.69, 9.17) is 10.5 Å². The van der Waals surface area contributed by atoms with E-state index >= 15 is 0 Å². The van der Waals surface area contributed by atoms with Gasteiger partial charge in [0.15, 0.2) is 6.10 Å². The maximum atomic E-state index is 12.4. The second kappa shape index (κ2) is 5.37. The van der Waals surface area contributed by atoms with Crippen molar-refractivity contribution < 1.29 is 23.0 Å². The van der Waals surface area contributed by atoms with Gasteiger partial charge >= 0.3 is 6.18 Å². The summed E-state index contributed by atoms with van der Waals surface area (Å²) < 4.78 is 42.2. The van der Waals surface area contributed by atoms with Crippen LogP contribution in [-0.4, -0.2) is 31.0 Å². The highest BCUT2D eigenvalue weighted by Crippen LogP contribution is 2.32. The van der Waals surface area contributed by atoms with Crippen molar-refractivity contribution >= 4 is 0 Å². The molecule has 0 aliphatic rings. The minimum absolute atomic E-state index is 0.298. The van der Waals surface area contributed by atoms with Crippen LogP contribution >= 0.6 is 0 Å². The molecule has 0 radical (unpaired) electrons. The van der Waals surface area contributed by atoms with E-state index < -0.39 is 18.2 Å². The average Bonchev–Trinajstić information content (AvgIpc) is 2.29. The highest BCUT2D eigenvalue weighted by molar-refractivity contribution is 5.31. The Morgan fingerprint density at radius 3 is 2.53 bits per heavy atom. The summed E-state index contributed by atoms with van der Waals surface area (Å²) in [6.07, 6.45) is -7.16. The normalized spacial score (nSPS) is 15.4. The SMILES string of the molecule is COc1cccc(C(CN)C(O)C(F)(F)F)c1. The lowest BCUT2D eigenvalue weighted by molar-refractivity contribution is -0.209. The fourth-order valence-electron chi connectivity index (χ4n) is 1.55. The zero-order valence-electron chi connectivity index (χ0n) is 9.24. The molecular formula is C11H14F3NO2. The van der Waals surface area contributed by atoms with Gasteiger partial charge in [-0.05, 0) is 17.7 Å². The number of benzene rings is 1. The lowest BCUT2D eigenvalue weighted by atomic mass is 9.93. The van der Waals surface area contributed by atoms with E-state index in [0.717, 1.165) is 0 Å². The third kappa shape index (κ3) is 3.34. The molecule has 0 fully saturated rings. The Labute approximate surface area is 97.0 Å². The molecule has 1 aromatic rings. The third-order valence-electron chi connectivity index (χ3n) is 2.49. The van der Waals surface area contributed by atoms with Gasteiger partial charge in [0.2, 0.25) is 0 Å². The van der Waals surface area contributed by atoms with E-state index in [2.05, 4.69) is 0 Å². The van der Waals surface area contributed by atoms with Crippen molar-refractivity contribution in [1.29, 1.82) is 0 Å². The van der Waals surface area contributed by atoms with Gasteiger partial charge < -0.3 is 15.6 Å². The molecule has 2 unspecified atom stereocenters. The maximum absolute atomic E-state index is 12.4. The topological polar surface area (TPSA) is 55.5 Å². The van der Waals surface area contributed by atoms with Crippen LogP contribution in [0.25, 0.3) is 0 Å². The first-order chi connectivity index (χ1) is 7.90. The van der Waals surface area contributed by atoms with Crippen LogP contribution in [0.2, 0.25) is 0 Å². The van der Waals surface area contributed by atoms with Crippen LogP contribution in [0.15, 0.2) is 24.3 Å². The molecule has 0 bridgehead atoms. The number of nitrogens with two attached hydrogens (primary N) is 1. The zero-order chi connectivity index (χ0) is 13.1. The van der Waals surface area contributed by atoms with Gasteiger partial charge in [-0.2, -0.15) is 13.2 Å². The molecule has 1 rings (SSSR count). The number of ether oxygens (including phenoxy) is 1. The van der Waals surface area contributed by atoms with Crippen LogP contribution in [0.4, 0.5) is 13.2 Å². The van der Waals surface area contributed by atoms with Gasteiger partial charge in [-0.1, -0.05) is 12.1 Å². The summed E-state index contributed by atoms with van der Waals surface area (Å²) in [5, 5.41) is 9.22. The maximum Gasteiger partial charge on any atom is 0.414 e. The fourth-order valence-corrected chi connectivity index (χ4v) is 1.55. The zero-order valence-corrected chi connectivity index (χ0v) is 9.24. The molecule has 96 valence electrons. The third-order valence-corrected chi connectivity index (χ3v) is 2.49. The van der Waals surface area contributed by atoms with E-state index in [0.29, 0.717) is 11.3 Å². The Kier molecular flexibility index (Phi) is 4.36. The molecule has 17 heavy (non-hydrogen) atoms. The first-order valence-electron chi connectivity index (χ1n) is 4.99. The molecule has 1 aromatic carbocycles. The highest BCUT2D eigenvalue weighted by atomic mass is 19.4. The average molecular weight is 249 g/mol. The standard InChI is InChI=1S/C11H14F3NO2/c1-17-8-4-2-3-7(5-8)9(6-15)10(16)11(12,13)14/h2-5,9-10,16H,6,15H2,1H3. The molecular weight excluding hydrogens is 235 g/mol. The van der Waals surface area contributed by atoms with E-state index in [9.17, 15) is 18.3 Å². The van der Waals surface area contributed by atoms with Crippen LogP contribution in [-0.2, 0) is 0 Å². The Bertz CT molecular complexity index is 368. The quantitative estimate of drug-likeness (QED) is 0.853. The monoisotopic (exact) mass is 249 g/mol. The molecule has 0 heterocycles. The van der Waals surface area contributed by atoms with Gasteiger partial charge in [-0.15, -0.1) is 0 Å². The molecule has 0 saturated heterocycles. The predicted molar refractivity (Wildman–Crippen MR) is 56.9 cm³/mol. The number of methoxy groups -OCH3 is 1. The Balaban J connectivity index is 3.01. The second-order valence-corrected chi connectivity index (χ2v) is 3.61. The van der Waals surface area contributed by atoms with Crippen molar-refractivity contribution in [3.05, 3.63) is 29.8 Å². The number of halogens is 3. The number of aliphatic hydroxyl groups excluding tert-OH is 1. The minimum Gasteiger partial charge on any atom is -0.497 e. The Morgan fingerprint density at radius 2 is 2.06 bits per heavy atom. The first-order valence-corrected chi connectivity index (χ1v) is 4.99. The van der Waals surface area contributed by atoms with Crippen molar-refractivity contribution in [1.82, 2.24) is 0 Å². The summed E-state index contributed by atoms with van der Waals surface area (Å²) in [7, 11) is 1.41. The molecule has 0 aromatic heterocycles. The minimum atomic E-state index is -4.69. The predicted octanol–water partition coefficient (Wildman–Crippen LogP) is 1.66. The number of alkyl halides is 3. The van der Waals surface area contributed by atoms with Crippen LogP contribution < -0.4 is 10.5 Å². The number of rotatable bonds is 4. The summed E-state index contributed by atoms with van der Waals surface area (Å²) >= 11 is 0. The van der Waals surface area contributed by atoms with Crippen molar-refractivity contribution in [3.63, 3.8) is 0 Å². The van der Waals surface area contributed by atoms with Crippen molar-refractivity contribution in [2.45, 2.75) is 18.2 Å². The molecule has 0 spiro atoms. The Morgan fingerprint density at radius 1 is 1.41 bits per heavy atom. The molecule has 0 amide bonds. The van der Waals surface area contributed by atoms with E-state index in [1.165, 1.54) is 19.2 Å². The summed E-state index contributed by atoms with van der Waals surface area (Å²) in [6, 6.07) is 6.08. The summed E-state index contributed by atoms with van der Waals surface area (Å²) in [6.45, 7) is -0.298. The Hall–Kier alpha value is -1.27. The molecule has 3 nitrogen and oxygen atoms in total. The van der Waals surface area contributed by atoms with Gasteiger partial charge in [0.05, 0.1) is 7.11 Å². The van der Waals surface area contributed by atoms with Gasteiger partial charge in [0.25, 0.3) is 0 Å². The molecule has 3 N–H and O–H groups in total. The summed E-state index contributed by atoms with van der Waals surface area (Å²) in [4.78, 5) is 0.